The van der Waals surface area contributed by atoms with Gasteiger partial charge in [-0.2, -0.15) is 8.78 Å². The highest BCUT2D eigenvalue weighted by atomic mass is 19.2. The number of rotatable bonds is 4. The second kappa shape index (κ2) is 6.04. The van der Waals surface area contributed by atoms with E-state index in [0.29, 0.717) is 11.3 Å². The Bertz CT molecular complexity index is 649. The minimum atomic E-state index is -2.23. The first-order valence-corrected chi connectivity index (χ1v) is 5.74. The summed E-state index contributed by atoms with van der Waals surface area (Å²) in [5.41, 5.74) is 6.18. The predicted octanol–water partition coefficient (Wildman–Crippen LogP) is 2.81. The van der Waals surface area contributed by atoms with E-state index in [-0.39, 0.29) is 6.54 Å². The van der Waals surface area contributed by atoms with Gasteiger partial charge in [-0.1, -0.05) is 6.07 Å². The average Bonchev–Trinajstić information content (AvgIpc) is 2.51. The summed E-state index contributed by atoms with van der Waals surface area (Å²) in [6, 6.07) is 3.04. The minimum absolute atomic E-state index is 0.0383. The quantitative estimate of drug-likeness (QED) is 0.537. The van der Waals surface area contributed by atoms with Crippen LogP contribution in [0, 0.1) is 29.1 Å². The van der Waals surface area contributed by atoms with Crippen molar-refractivity contribution in [3.8, 4) is 5.75 Å². The number of aromatic nitrogens is 1. The smallest absolute Gasteiger partial charge is 0.207 e. The van der Waals surface area contributed by atoms with Crippen molar-refractivity contribution in [3.05, 3.63) is 58.7 Å². The molecular formula is C13H9F5N2O. The molecule has 1 aromatic heterocycles. The van der Waals surface area contributed by atoms with Crippen molar-refractivity contribution in [2.45, 2.75) is 13.2 Å². The van der Waals surface area contributed by atoms with Crippen LogP contribution in [0.1, 0.15) is 11.3 Å². The Morgan fingerprint density at radius 3 is 2.10 bits per heavy atom. The second-order valence-corrected chi connectivity index (χ2v) is 4.00. The monoisotopic (exact) mass is 304 g/mol. The van der Waals surface area contributed by atoms with Gasteiger partial charge in [-0.25, -0.2) is 13.2 Å². The Labute approximate surface area is 116 Å². The Balaban J connectivity index is 2.33. The van der Waals surface area contributed by atoms with Crippen molar-refractivity contribution in [1.29, 1.82) is 0 Å². The third kappa shape index (κ3) is 2.80. The highest BCUT2D eigenvalue weighted by Gasteiger charge is 2.27. The zero-order valence-electron chi connectivity index (χ0n) is 10.5. The molecule has 0 radical (unpaired) electrons. The lowest BCUT2D eigenvalue weighted by Crippen LogP contribution is -2.10. The number of ether oxygens (including phenoxy) is 1. The molecule has 0 bridgehead atoms. The van der Waals surface area contributed by atoms with E-state index in [4.69, 9.17) is 10.5 Å². The summed E-state index contributed by atoms with van der Waals surface area (Å²) < 4.78 is 70.4. The highest BCUT2D eigenvalue weighted by molar-refractivity contribution is 5.30. The molecule has 112 valence electrons. The first kappa shape index (κ1) is 15.2. The van der Waals surface area contributed by atoms with Crippen LogP contribution in [0.3, 0.4) is 0 Å². The molecule has 0 saturated heterocycles. The van der Waals surface area contributed by atoms with Gasteiger partial charge in [0.2, 0.25) is 29.1 Å². The van der Waals surface area contributed by atoms with E-state index < -0.39 is 41.4 Å². The first-order valence-electron chi connectivity index (χ1n) is 5.74. The standard InChI is InChI=1S/C13H9F5N2O/c14-8-9(15)11(17)13(12(18)10(8)16)21-5-6-2-1-3-20-7(6)4-19/h1-3H,4-5,19H2. The molecule has 8 heteroatoms. The molecule has 1 aromatic carbocycles. The molecule has 0 spiro atoms. The van der Waals surface area contributed by atoms with Crippen molar-refractivity contribution in [1.82, 2.24) is 4.98 Å². The lowest BCUT2D eigenvalue weighted by Gasteiger charge is -2.11. The van der Waals surface area contributed by atoms with E-state index in [2.05, 4.69) is 4.98 Å². The molecule has 0 aliphatic heterocycles. The van der Waals surface area contributed by atoms with Gasteiger partial charge in [0.15, 0.2) is 5.75 Å². The summed E-state index contributed by atoms with van der Waals surface area (Å²) in [4.78, 5) is 3.90. The molecular weight excluding hydrogens is 295 g/mol. The Hall–Kier alpha value is -2.22. The van der Waals surface area contributed by atoms with Crippen LogP contribution in [-0.2, 0) is 13.2 Å². The molecule has 2 N–H and O–H groups in total. The fourth-order valence-corrected chi connectivity index (χ4v) is 1.65. The van der Waals surface area contributed by atoms with Gasteiger partial charge in [-0.3, -0.25) is 4.98 Å². The van der Waals surface area contributed by atoms with Crippen LogP contribution in [0.15, 0.2) is 18.3 Å². The molecule has 0 saturated carbocycles. The molecule has 0 atom stereocenters. The molecule has 2 aromatic rings. The molecule has 2 rings (SSSR count). The predicted molar refractivity (Wildman–Crippen MR) is 62.7 cm³/mol. The van der Waals surface area contributed by atoms with Crippen LogP contribution < -0.4 is 10.5 Å². The van der Waals surface area contributed by atoms with Gasteiger partial charge in [0.1, 0.15) is 6.61 Å². The SMILES string of the molecule is NCc1ncccc1COc1c(F)c(F)c(F)c(F)c1F. The van der Waals surface area contributed by atoms with Crippen LogP contribution in [0.5, 0.6) is 5.75 Å². The van der Waals surface area contributed by atoms with Gasteiger partial charge in [0.25, 0.3) is 0 Å². The van der Waals surface area contributed by atoms with E-state index in [1.807, 2.05) is 0 Å². The van der Waals surface area contributed by atoms with Gasteiger partial charge < -0.3 is 10.5 Å². The fraction of sp³-hybridized carbons (Fsp3) is 0.154. The summed E-state index contributed by atoms with van der Waals surface area (Å²) >= 11 is 0. The number of nitrogens with two attached hydrogens (primary N) is 1. The topological polar surface area (TPSA) is 48.1 Å². The maximum absolute atomic E-state index is 13.4. The molecule has 21 heavy (non-hydrogen) atoms. The van der Waals surface area contributed by atoms with Crippen LogP contribution in [0.2, 0.25) is 0 Å². The number of nitrogens with zero attached hydrogens (tertiary/aromatic N) is 1. The Kier molecular flexibility index (Phi) is 4.37. The van der Waals surface area contributed by atoms with Crippen molar-refractivity contribution in [3.63, 3.8) is 0 Å². The number of hydrogen-bond acceptors (Lipinski definition) is 3. The first-order chi connectivity index (χ1) is 9.97. The molecule has 0 aliphatic rings. The average molecular weight is 304 g/mol. The fourth-order valence-electron chi connectivity index (χ4n) is 1.65. The summed E-state index contributed by atoms with van der Waals surface area (Å²) in [6.07, 6.45) is 1.45. The van der Waals surface area contributed by atoms with Crippen molar-refractivity contribution >= 4 is 0 Å². The third-order valence-corrected chi connectivity index (χ3v) is 2.72. The molecule has 1 heterocycles. The van der Waals surface area contributed by atoms with Gasteiger partial charge in [-0.15, -0.1) is 0 Å². The number of hydrogen-bond donors (Lipinski definition) is 1. The van der Waals surface area contributed by atoms with Gasteiger partial charge in [0, 0.05) is 18.3 Å². The lowest BCUT2D eigenvalue weighted by molar-refractivity contribution is 0.252. The molecule has 0 amide bonds. The molecule has 3 nitrogen and oxygen atoms in total. The lowest BCUT2D eigenvalue weighted by atomic mass is 10.2. The molecule has 0 unspecified atom stereocenters. The molecule has 0 fully saturated rings. The van der Waals surface area contributed by atoms with E-state index in [9.17, 15) is 22.0 Å². The Morgan fingerprint density at radius 1 is 0.952 bits per heavy atom. The van der Waals surface area contributed by atoms with Crippen molar-refractivity contribution in [2.24, 2.45) is 5.73 Å². The third-order valence-electron chi connectivity index (χ3n) is 2.72. The number of pyridine rings is 1. The van der Waals surface area contributed by atoms with E-state index >= 15 is 0 Å². The van der Waals surface area contributed by atoms with Crippen LogP contribution in [-0.4, -0.2) is 4.98 Å². The summed E-state index contributed by atoms with van der Waals surface area (Å²) in [5, 5.41) is 0. The molecule has 0 aliphatic carbocycles. The van der Waals surface area contributed by atoms with E-state index in [1.165, 1.54) is 18.3 Å². The minimum Gasteiger partial charge on any atom is -0.483 e. The second-order valence-electron chi connectivity index (χ2n) is 4.00. The van der Waals surface area contributed by atoms with E-state index in [0.717, 1.165) is 0 Å². The van der Waals surface area contributed by atoms with Gasteiger partial charge in [-0.05, 0) is 6.07 Å². The highest BCUT2D eigenvalue weighted by Crippen LogP contribution is 2.29. The zero-order valence-corrected chi connectivity index (χ0v) is 10.5. The summed E-state index contributed by atoms with van der Waals surface area (Å²) in [6.45, 7) is -0.393. The Morgan fingerprint density at radius 2 is 1.52 bits per heavy atom. The zero-order chi connectivity index (χ0) is 15.6. The van der Waals surface area contributed by atoms with Crippen LogP contribution in [0.25, 0.3) is 0 Å². The van der Waals surface area contributed by atoms with Crippen LogP contribution in [0.4, 0.5) is 22.0 Å². The number of halogens is 5. The van der Waals surface area contributed by atoms with Crippen molar-refractivity contribution in [2.75, 3.05) is 0 Å². The van der Waals surface area contributed by atoms with E-state index in [1.54, 1.807) is 0 Å². The van der Waals surface area contributed by atoms with Gasteiger partial charge >= 0.3 is 0 Å². The van der Waals surface area contributed by atoms with Crippen LogP contribution >= 0.6 is 0 Å². The summed E-state index contributed by atoms with van der Waals surface area (Å²) in [7, 11) is 0. The maximum atomic E-state index is 13.4. The maximum Gasteiger partial charge on any atom is 0.207 e. The van der Waals surface area contributed by atoms with Crippen molar-refractivity contribution < 1.29 is 26.7 Å². The van der Waals surface area contributed by atoms with Gasteiger partial charge in [0.05, 0.1) is 5.69 Å². The largest absolute Gasteiger partial charge is 0.483 e. The number of benzene rings is 1. The summed E-state index contributed by atoms with van der Waals surface area (Å²) in [5.74, 6) is -11.7. The normalized spacial score (nSPS) is 10.8.